The largest absolute Gasteiger partial charge is 0.348 e. The maximum atomic E-state index is 12.2. The molecule has 2 aromatic heterocycles. The third kappa shape index (κ3) is 3.69. The van der Waals surface area contributed by atoms with Gasteiger partial charge in [-0.25, -0.2) is 4.98 Å². The number of rotatable bonds is 5. The van der Waals surface area contributed by atoms with Crippen molar-refractivity contribution < 1.29 is 4.79 Å². The predicted octanol–water partition coefficient (Wildman–Crippen LogP) is 3.03. The summed E-state index contributed by atoms with van der Waals surface area (Å²) in [7, 11) is 0. The van der Waals surface area contributed by atoms with Crippen LogP contribution in [0.3, 0.4) is 0 Å². The highest BCUT2D eigenvalue weighted by Crippen LogP contribution is 2.22. The van der Waals surface area contributed by atoms with E-state index in [1.807, 2.05) is 26.2 Å². The third-order valence-electron chi connectivity index (χ3n) is 3.47. The summed E-state index contributed by atoms with van der Waals surface area (Å²) < 4.78 is 0. The molecule has 2 heterocycles. The van der Waals surface area contributed by atoms with Crippen LogP contribution in [0.2, 0.25) is 0 Å². The van der Waals surface area contributed by atoms with Crippen LogP contribution >= 0.6 is 11.3 Å². The molecule has 2 N–H and O–H groups in total. The van der Waals surface area contributed by atoms with Crippen LogP contribution in [0.25, 0.3) is 0 Å². The number of nitrogens with one attached hydrogen (secondary N) is 2. The van der Waals surface area contributed by atoms with Crippen molar-refractivity contribution in [1.29, 1.82) is 0 Å². The molecular weight excluding hydrogens is 284 g/mol. The maximum absolute atomic E-state index is 12.2. The molecule has 0 bridgehead atoms. The Morgan fingerprint density at radius 1 is 1.38 bits per heavy atom. The third-order valence-corrected chi connectivity index (χ3v) is 4.64. The number of H-pyrrole nitrogens is 1. The van der Waals surface area contributed by atoms with Crippen molar-refractivity contribution in [2.75, 3.05) is 0 Å². The van der Waals surface area contributed by atoms with E-state index in [2.05, 4.69) is 34.3 Å². The van der Waals surface area contributed by atoms with Gasteiger partial charge in [-0.05, 0) is 20.8 Å². The number of hydrogen-bond acceptors (Lipinski definition) is 4. The van der Waals surface area contributed by atoms with Crippen LogP contribution in [0.5, 0.6) is 0 Å². The molecule has 5 nitrogen and oxygen atoms in total. The van der Waals surface area contributed by atoms with E-state index in [1.54, 1.807) is 11.3 Å². The summed E-state index contributed by atoms with van der Waals surface area (Å²) in [6.07, 6.45) is 0.347. The van der Waals surface area contributed by atoms with Crippen molar-refractivity contribution in [3.8, 4) is 0 Å². The van der Waals surface area contributed by atoms with Gasteiger partial charge >= 0.3 is 0 Å². The monoisotopic (exact) mass is 306 g/mol. The van der Waals surface area contributed by atoms with Crippen LogP contribution in [0.15, 0.2) is 5.38 Å². The molecule has 21 heavy (non-hydrogen) atoms. The standard InChI is InChI=1S/C15H22N4OS/c1-8(2)15-17-13(7-21-15)11(5)16-14(20)6-12-9(3)18-19-10(12)4/h7-8,11H,6H2,1-5H3,(H,16,20)(H,18,19)/t11-/m0/s1. The van der Waals surface area contributed by atoms with E-state index in [0.29, 0.717) is 12.3 Å². The molecule has 0 aliphatic rings. The maximum Gasteiger partial charge on any atom is 0.225 e. The van der Waals surface area contributed by atoms with E-state index in [-0.39, 0.29) is 11.9 Å². The summed E-state index contributed by atoms with van der Waals surface area (Å²) in [6.45, 7) is 10.0. The Bertz CT molecular complexity index is 610. The normalized spacial score (nSPS) is 12.7. The van der Waals surface area contributed by atoms with Gasteiger partial charge in [0.05, 0.1) is 28.9 Å². The predicted molar refractivity (Wildman–Crippen MR) is 84.5 cm³/mol. The van der Waals surface area contributed by atoms with E-state index in [1.165, 1.54) is 0 Å². The van der Waals surface area contributed by atoms with Crippen molar-refractivity contribution in [2.24, 2.45) is 0 Å². The molecule has 0 aromatic carbocycles. The smallest absolute Gasteiger partial charge is 0.225 e. The second-order valence-corrected chi connectivity index (χ2v) is 6.53. The first kappa shape index (κ1) is 15.7. The van der Waals surface area contributed by atoms with E-state index >= 15 is 0 Å². The van der Waals surface area contributed by atoms with Gasteiger partial charge in [-0.15, -0.1) is 11.3 Å². The Morgan fingerprint density at radius 3 is 2.62 bits per heavy atom. The Labute approximate surface area is 129 Å². The lowest BCUT2D eigenvalue weighted by molar-refractivity contribution is -0.121. The molecule has 1 amide bonds. The molecule has 0 saturated carbocycles. The fraction of sp³-hybridized carbons (Fsp3) is 0.533. The number of aromatic nitrogens is 3. The van der Waals surface area contributed by atoms with Crippen molar-refractivity contribution in [2.45, 2.75) is 53.0 Å². The summed E-state index contributed by atoms with van der Waals surface area (Å²) in [4.78, 5) is 16.7. The summed E-state index contributed by atoms with van der Waals surface area (Å²) in [5, 5.41) is 13.1. The summed E-state index contributed by atoms with van der Waals surface area (Å²) in [5.74, 6) is 0.414. The molecular formula is C15H22N4OS. The first-order valence-corrected chi connectivity index (χ1v) is 8.01. The fourth-order valence-corrected chi connectivity index (χ4v) is 3.05. The highest BCUT2D eigenvalue weighted by molar-refractivity contribution is 7.09. The van der Waals surface area contributed by atoms with E-state index in [4.69, 9.17) is 0 Å². The van der Waals surface area contributed by atoms with Gasteiger partial charge in [0.1, 0.15) is 0 Å². The number of thiazole rings is 1. The van der Waals surface area contributed by atoms with Crippen LogP contribution in [0.4, 0.5) is 0 Å². The Morgan fingerprint density at radius 2 is 2.10 bits per heavy atom. The number of aryl methyl sites for hydroxylation is 2. The van der Waals surface area contributed by atoms with E-state index in [0.717, 1.165) is 27.7 Å². The molecule has 0 aliphatic heterocycles. The first-order valence-electron chi connectivity index (χ1n) is 7.13. The van der Waals surface area contributed by atoms with Gasteiger partial charge in [-0.2, -0.15) is 5.10 Å². The van der Waals surface area contributed by atoms with E-state index in [9.17, 15) is 4.79 Å². The Hall–Kier alpha value is -1.69. The SMILES string of the molecule is Cc1n[nH]c(C)c1CC(=O)N[C@@H](C)c1csc(C(C)C)n1. The van der Waals surface area contributed by atoms with E-state index < -0.39 is 0 Å². The molecule has 0 saturated heterocycles. The lowest BCUT2D eigenvalue weighted by Crippen LogP contribution is -2.28. The first-order chi connectivity index (χ1) is 9.88. The highest BCUT2D eigenvalue weighted by Gasteiger charge is 2.16. The highest BCUT2D eigenvalue weighted by atomic mass is 32.1. The van der Waals surface area contributed by atoms with Gasteiger partial charge in [0.25, 0.3) is 0 Å². The second-order valence-electron chi connectivity index (χ2n) is 5.64. The average molecular weight is 306 g/mol. The molecule has 2 rings (SSSR count). The van der Waals surface area contributed by atoms with Crippen molar-refractivity contribution in [3.05, 3.63) is 33.0 Å². The molecule has 6 heteroatoms. The van der Waals surface area contributed by atoms with Crippen molar-refractivity contribution in [1.82, 2.24) is 20.5 Å². The van der Waals surface area contributed by atoms with Crippen LogP contribution in [0, 0.1) is 13.8 Å². The van der Waals surface area contributed by atoms with Crippen molar-refractivity contribution in [3.63, 3.8) is 0 Å². The van der Waals surface area contributed by atoms with Gasteiger partial charge in [0, 0.05) is 22.6 Å². The zero-order chi connectivity index (χ0) is 15.6. The quantitative estimate of drug-likeness (QED) is 0.892. The molecule has 0 spiro atoms. The molecule has 1 atom stereocenters. The Balaban J connectivity index is 1.98. The fourth-order valence-electron chi connectivity index (χ4n) is 2.13. The lowest BCUT2D eigenvalue weighted by atomic mass is 10.1. The molecule has 114 valence electrons. The van der Waals surface area contributed by atoms with Gasteiger partial charge in [0.2, 0.25) is 5.91 Å². The lowest BCUT2D eigenvalue weighted by Gasteiger charge is -2.12. The van der Waals surface area contributed by atoms with Crippen LogP contribution in [-0.4, -0.2) is 21.1 Å². The topological polar surface area (TPSA) is 70.7 Å². The zero-order valence-electron chi connectivity index (χ0n) is 13.2. The number of amides is 1. The van der Waals surface area contributed by atoms with Crippen molar-refractivity contribution >= 4 is 17.2 Å². The number of hydrogen-bond donors (Lipinski definition) is 2. The minimum atomic E-state index is -0.0752. The summed E-state index contributed by atoms with van der Waals surface area (Å²) >= 11 is 1.65. The zero-order valence-corrected chi connectivity index (χ0v) is 14.0. The molecule has 0 unspecified atom stereocenters. The van der Waals surface area contributed by atoms with Crippen LogP contribution in [0.1, 0.15) is 60.4 Å². The average Bonchev–Trinajstić information content (AvgIpc) is 3.01. The minimum absolute atomic E-state index is 0.00537. The molecule has 2 aromatic rings. The minimum Gasteiger partial charge on any atom is -0.348 e. The number of nitrogens with zero attached hydrogens (tertiary/aromatic N) is 2. The van der Waals surface area contributed by atoms with Crippen LogP contribution < -0.4 is 5.32 Å². The molecule has 0 fully saturated rings. The summed E-state index contributed by atoms with van der Waals surface area (Å²) in [6, 6.07) is -0.0752. The molecule has 0 radical (unpaired) electrons. The number of carbonyl (C=O) groups is 1. The van der Waals surface area contributed by atoms with Gasteiger partial charge in [-0.1, -0.05) is 13.8 Å². The summed E-state index contributed by atoms with van der Waals surface area (Å²) in [5.41, 5.74) is 3.73. The number of carbonyl (C=O) groups excluding carboxylic acids is 1. The number of aromatic amines is 1. The second kappa shape index (κ2) is 6.39. The van der Waals surface area contributed by atoms with Gasteiger partial charge < -0.3 is 5.32 Å². The molecule has 0 aliphatic carbocycles. The van der Waals surface area contributed by atoms with Gasteiger partial charge in [0.15, 0.2) is 0 Å². The van der Waals surface area contributed by atoms with Gasteiger partial charge in [-0.3, -0.25) is 9.89 Å². The van der Waals surface area contributed by atoms with Crippen LogP contribution in [-0.2, 0) is 11.2 Å². The Kier molecular flexibility index (Phi) is 4.77.